The standard InChI is InChI=1S/C17H24FN5O.HI/c1-13(24-16-8-6-5-7-15(16)18)9-20-17(19-2)22(3)11-14-10-21-23(4)12-14;/h5-8,10,12-13H,9,11H2,1-4H3,(H,19,20);1H. The summed E-state index contributed by atoms with van der Waals surface area (Å²) in [4.78, 5) is 6.26. The van der Waals surface area contributed by atoms with Crippen LogP contribution in [0.2, 0.25) is 0 Å². The first-order valence-corrected chi connectivity index (χ1v) is 7.80. The molecule has 25 heavy (non-hydrogen) atoms. The number of nitrogens with zero attached hydrogens (tertiary/aromatic N) is 4. The Morgan fingerprint density at radius 2 is 2.16 bits per heavy atom. The van der Waals surface area contributed by atoms with Crippen LogP contribution < -0.4 is 10.1 Å². The van der Waals surface area contributed by atoms with Gasteiger partial charge in [-0.05, 0) is 19.1 Å². The molecule has 8 heteroatoms. The van der Waals surface area contributed by atoms with Crippen molar-refractivity contribution < 1.29 is 9.13 Å². The second-order valence-electron chi connectivity index (χ2n) is 5.67. The molecule has 2 aromatic rings. The highest BCUT2D eigenvalue weighted by atomic mass is 127. The van der Waals surface area contributed by atoms with Gasteiger partial charge in [0.2, 0.25) is 0 Å². The van der Waals surface area contributed by atoms with Crippen LogP contribution in [-0.4, -0.2) is 47.4 Å². The topological polar surface area (TPSA) is 54.7 Å². The Hall–Kier alpha value is -1.84. The van der Waals surface area contributed by atoms with Crippen molar-refractivity contribution in [1.82, 2.24) is 20.0 Å². The molecule has 1 aromatic heterocycles. The number of nitrogens with one attached hydrogen (secondary N) is 1. The van der Waals surface area contributed by atoms with Crippen LogP contribution in [0, 0.1) is 5.82 Å². The lowest BCUT2D eigenvalue weighted by molar-refractivity contribution is 0.212. The monoisotopic (exact) mass is 461 g/mol. The quantitative estimate of drug-likeness (QED) is 0.409. The number of ether oxygens (including phenoxy) is 1. The average molecular weight is 461 g/mol. The second kappa shape index (κ2) is 10.2. The summed E-state index contributed by atoms with van der Waals surface area (Å²) in [5, 5.41) is 7.40. The van der Waals surface area contributed by atoms with Gasteiger partial charge in [0.25, 0.3) is 0 Å². The van der Waals surface area contributed by atoms with Crippen molar-refractivity contribution in [3.05, 3.63) is 48.0 Å². The Morgan fingerprint density at radius 3 is 2.76 bits per heavy atom. The number of hydrogen-bond donors (Lipinski definition) is 1. The number of halogens is 2. The van der Waals surface area contributed by atoms with Crippen LogP contribution in [0.4, 0.5) is 4.39 Å². The number of aromatic nitrogens is 2. The van der Waals surface area contributed by atoms with Gasteiger partial charge in [-0.25, -0.2) is 4.39 Å². The number of rotatable bonds is 6. The van der Waals surface area contributed by atoms with Crippen LogP contribution in [0.15, 0.2) is 41.7 Å². The third-order valence-electron chi connectivity index (χ3n) is 3.46. The van der Waals surface area contributed by atoms with Gasteiger partial charge in [-0.2, -0.15) is 5.10 Å². The number of aryl methyl sites for hydroxylation is 1. The van der Waals surface area contributed by atoms with Crippen molar-refractivity contribution in [3.63, 3.8) is 0 Å². The number of para-hydroxylation sites is 1. The first-order valence-electron chi connectivity index (χ1n) is 7.80. The highest BCUT2D eigenvalue weighted by Crippen LogP contribution is 2.16. The molecule has 0 aliphatic carbocycles. The Kier molecular flexibility index (Phi) is 8.67. The van der Waals surface area contributed by atoms with E-state index >= 15 is 0 Å². The van der Waals surface area contributed by atoms with Gasteiger partial charge in [0, 0.05) is 39.4 Å². The molecule has 0 radical (unpaired) electrons. The van der Waals surface area contributed by atoms with Crippen molar-refractivity contribution >= 4 is 29.9 Å². The molecule has 0 saturated carbocycles. The lowest BCUT2D eigenvalue weighted by Crippen LogP contribution is -2.42. The average Bonchev–Trinajstić information content (AvgIpc) is 2.95. The summed E-state index contributed by atoms with van der Waals surface area (Å²) in [6.45, 7) is 3.09. The summed E-state index contributed by atoms with van der Waals surface area (Å²) in [5.74, 6) is 0.635. The van der Waals surface area contributed by atoms with E-state index in [0.29, 0.717) is 13.1 Å². The molecule has 0 aliphatic rings. The predicted octanol–water partition coefficient (Wildman–Crippen LogP) is 2.65. The molecule has 1 atom stereocenters. The molecule has 0 fully saturated rings. The predicted molar refractivity (Wildman–Crippen MR) is 108 cm³/mol. The first-order chi connectivity index (χ1) is 11.5. The number of hydrogen-bond acceptors (Lipinski definition) is 3. The summed E-state index contributed by atoms with van der Waals surface area (Å²) in [5.41, 5.74) is 1.10. The molecule has 1 aromatic carbocycles. The molecule has 0 saturated heterocycles. The van der Waals surface area contributed by atoms with Gasteiger partial charge in [-0.3, -0.25) is 9.67 Å². The summed E-state index contributed by atoms with van der Waals surface area (Å²) >= 11 is 0. The molecule has 0 aliphatic heterocycles. The molecular weight excluding hydrogens is 436 g/mol. The zero-order valence-electron chi connectivity index (χ0n) is 14.9. The lowest BCUT2D eigenvalue weighted by atomic mass is 10.3. The van der Waals surface area contributed by atoms with Gasteiger partial charge < -0.3 is 15.0 Å². The van der Waals surface area contributed by atoms with Crippen LogP contribution in [0.3, 0.4) is 0 Å². The van der Waals surface area contributed by atoms with Crippen LogP contribution in [0.25, 0.3) is 0 Å². The minimum Gasteiger partial charge on any atom is -0.486 e. The Labute approximate surface area is 165 Å². The van der Waals surface area contributed by atoms with Crippen LogP contribution >= 0.6 is 24.0 Å². The molecule has 1 heterocycles. The molecule has 1 unspecified atom stereocenters. The van der Waals surface area contributed by atoms with E-state index in [1.165, 1.54) is 6.07 Å². The van der Waals surface area contributed by atoms with Crippen molar-refractivity contribution in [3.8, 4) is 5.75 Å². The van der Waals surface area contributed by atoms with E-state index in [1.54, 1.807) is 29.9 Å². The number of aliphatic imine (C=N–C) groups is 1. The zero-order valence-corrected chi connectivity index (χ0v) is 17.3. The van der Waals surface area contributed by atoms with Gasteiger partial charge in [-0.15, -0.1) is 24.0 Å². The summed E-state index contributed by atoms with van der Waals surface area (Å²) in [6.07, 6.45) is 3.59. The molecule has 6 nitrogen and oxygen atoms in total. The van der Waals surface area contributed by atoms with Crippen molar-refractivity contribution in [2.45, 2.75) is 19.6 Å². The third kappa shape index (κ3) is 6.52. The van der Waals surface area contributed by atoms with Crippen molar-refractivity contribution in [2.24, 2.45) is 12.0 Å². The van der Waals surface area contributed by atoms with Crippen molar-refractivity contribution in [2.75, 3.05) is 20.6 Å². The largest absolute Gasteiger partial charge is 0.486 e. The highest BCUT2D eigenvalue weighted by molar-refractivity contribution is 14.0. The van der Waals surface area contributed by atoms with Crippen LogP contribution in [-0.2, 0) is 13.6 Å². The maximum Gasteiger partial charge on any atom is 0.193 e. The SMILES string of the molecule is CN=C(NCC(C)Oc1ccccc1F)N(C)Cc1cnn(C)c1.I. The van der Waals surface area contributed by atoms with E-state index in [0.717, 1.165) is 11.5 Å². The smallest absolute Gasteiger partial charge is 0.193 e. The molecule has 138 valence electrons. The van der Waals surface area contributed by atoms with E-state index < -0.39 is 0 Å². The van der Waals surface area contributed by atoms with Gasteiger partial charge >= 0.3 is 0 Å². The van der Waals surface area contributed by atoms with Gasteiger partial charge in [0.1, 0.15) is 6.10 Å². The highest BCUT2D eigenvalue weighted by Gasteiger charge is 2.11. The van der Waals surface area contributed by atoms with E-state index in [-0.39, 0.29) is 41.6 Å². The Morgan fingerprint density at radius 1 is 1.44 bits per heavy atom. The lowest BCUT2D eigenvalue weighted by Gasteiger charge is -2.23. The second-order valence-corrected chi connectivity index (χ2v) is 5.67. The molecule has 0 spiro atoms. The first kappa shape index (κ1) is 21.2. The normalized spacial score (nSPS) is 12.3. The summed E-state index contributed by atoms with van der Waals surface area (Å²) in [7, 11) is 5.56. The number of guanidine groups is 1. The molecule has 1 N–H and O–H groups in total. The molecule has 0 bridgehead atoms. The van der Waals surface area contributed by atoms with Crippen LogP contribution in [0.5, 0.6) is 5.75 Å². The fourth-order valence-corrected chi connectivity index (χ4v) is 2.32. The maximum atomic E-state index is 13.6. The molecular formula is C17H25FIN5O. The van der Waals surface area contributed by atoms with Crippen molar-refractivity contribution in [1.29, 1.82) is 0 Å². The van der Waals surface area contributed by atoms with Gasteiger partial charge in [0.15, 0.2) is 17.5 Å². The molecule has 0 amide bonds. The van der Waals surface area contributed by atoms with E-state index in [1.807, 2.05) is 38.3 Å². The third-order valence-corrected chi connectivity index (χ3v) is 3.46. The fourth-order valence-electron chi connectivity index (χ4n) is 2.32. The van der Waals surface area contributed by atoms with Gasteiger partial charge in [0.05, 0.1) is 12.7 Å². The van der Waals surface area contributed by atoms with Crippen LogP contribution in [0.1, 0.15) is 12.5 Å². The Balaban J connectivity index is 0.00000312. The van der Waals surface area contributed by atoms with E-state index in [9.17, 15) is 4.39 Å². The molecule has 2 rings (SSSR count). The van der Waals surface area contributed by atoms with Gasteiger partial charge in [-0.1, -0.05) is 12.1 Å². The summed E-state index contributed by atoms with van der Waals surface area (Å²) < 4.78 is 21.0. The maximum absolute atomic E-state index is 13.6. The minimum absolute atomic E-state index is 0. The zero-order chi connectivity index (χ0) is 17.5. The van der Waals surface area contributed by atoms with E-state index in [2.05, 4.69) is 15.4 Å². The van der Waals surface area contributed by atoms with E-state index in [4.69, 9.17) is 4.74 Å². The minimum atomic E-state index is -0.359. The Bertz CT molecular complexity index is 691. The fraction of sp³-hybridized carbons (Fsp3) is 0.412. The number of benzene rings is 1. The summed E-state index contributed by atoms with van der Waals surface area (Å²) in [6, 6.07) is 6.39.